The molecule has 0 saturated heterocycles. The highest BCUT2D eigenvalue weighted by Gasteiger charge is 2.24. The van der Waals surface area contributed by atoms with E-state index in [0.29, 0.717) is 24.5 Å². The quantitative estimate of drug-likeness (QED) is 0.175. The number of esters is 1. The molecule has 1 amide bonds. The fourth-order valence-corrected chi connectivity index (χ4v) is 5.68. The lowest BCUT2D eigenvalue weighted by Gasteiger charge is -2.23. The zero-order valence-corrected chi connectivity index (χ0v) is 24.2. The fourth-order valence-electron chi connectivity index (χ4n) is 4.51. The maximum atomic E-state index is 13.2. The molecule has 0 aliphatic heterocycles. The first-order chi connectivity index (χ1) is 19.3. The molecule has 8 heteroatoms. The van der Waals surface area contributed by atoms with Crippen molar-refractivity contribution in [3.8, 4) is 0 Å². The molecule has 0 radical (unpaired) electrons. The number of benzene rings is 2. The average Bonchev–Trinajstić information content (AvgIpc) is 3.34. The number of hydrogen-bond acceptors (Lipinski definition) is 6. The van der Waals surface area contributed by atoms with Crippen LogP contribution in [0.3, 0.4) is 0 Å². The monoisotopic (exact) mass is 558 g/mol. The first-order valence-corrected chi connectivity index (χ1v) is 14.7. The van der Waals surface area contributed by atoms with Crippen molar-refractivity contribution in [3.63, 3.8) is 0 Å². The molecule has 2 heterocycles. The number of ether oxygens (including phenoxy) is 1. The number of pyridine rings is 1. The molecule has 4 aromatic rings. The van der Waals surface area contributed by atoms with Crippen LogP contribution in [0.15, 0.2) is 85.3 Å². The van der Waals surface area contributed by atoms with E-state index in [9.17, 15) is 9.59 Å². The van der Waals surface area contributed by atoms with E-state index >= 15 is 0 Å². The summed E-state index contributed by atoms with van der Waals surface area (Å²) in [5.41, 5.74) is 3.55. The Hall–Kier alpha value is -3.78. The van der Waals surface area contributed by atoms with E-state index < -0.39 is 11.6 Å². The Morgan fingerprint density at radius 1 is 1.00 bits per heavy atom. The molecule has 0 aliphatic rings. The third-order valence-electron chi connectivity index (χ3n) is 6.32. The second kappa shape index (κ2) is 14.0. The normalized spacial score (nSPS) is 13.0. The van der Waals surface area contributed by atoms with Crippen molar-refractivity contribution < 1.29 is 14.3 Å². The highest BCUT2D eigenvalue weighted by atomic mass is 32.2. The highest BCUT2D eigenvalue weighted by molar-refractivity contribution is 7.99. The standard InChI is InChI=1S/C32H38N4O3S/c1-32(2,3)39-30(37)17-24(16-25-20-34-28-14-8-7-13-27(25)28)21-40-22-29(36-26-11-5-4-6-12-26)31(38)35-19-23-10-9-15-33-18-23/h4-15,18,20,24,29,34,36H,16-17,19,21-22H2,1-3H3,(H,35,38)/t24-,29?/m1/s1. The molecule has 0 aliphatic carbocycles. The molecule has 1 unspecified atom stereocenters. The molecular weight excluding hydrogens is 520 g/mol. The van der Waals surface area contributed by atoms with Crippen LogP contribution >= 0.6 is 11.8 Å². The molecule has 7 nitrogen and oxygen atoms in total. The molecule has 2 atom stereocenters. The average molecular weight is 559 g/mol. The third kappa shape index (κ3) is 9.16. The van der Waals surface area contributed by atoms with Crippen LogP contribution < -0.4 is 10.6 Å². The predicted molar refractivity (Wildman–Crippen MR) is 163 cm³/mol. The maximum absolute atomic E-state index is 13.2. The van der Waals surface area contributed by atoms with Crippen LogP contribution in [0.25, 0.3) is 10.9 Å². The lowest BCUT2D eigenvalue weighted by atomic mass is 9.97. The lowest BCUT2D eigenvalue weighted by Crippen LogP contribution is -2.41. The molecule has 210 valence electrons. The van der Waals surface area contributed by atoms with Crippen LogP contribution in [0.1, 0.15) is 38.3 Å². The van der Waals surface area contributed by atoms with Crippen LogP contribution in [0.5, 0.6) is 0 Å². The molecule has 2 aromatic carbocycles. The zero-order chi connectivity index (χ0) is 28.4. The van der Waals surface area contributed by atoms with E-state index in [2.05, 4.69) is 32.7 Å². The van der Waals surface area contributed by atoms with Gasteiger partial charge in [-0.05, 0) is 74.3 Å². The van der Waals surface area contributed by atoms with Crippen LogP contribution in [-0.4, -0.2) is 45.0 Å². The van der Waals surface area contributed by atoms with Gasteiger partial charge < -0.3 is 20.4 Å². The molecule has 0 spiro atoms. The summed E-state index contributed by atoms with van der Waals surface area (Å²) in [6.45, 7) is 6.07. The van der Waals surface area contributed by atoms with Crippen LogP contribution in [0, 0.1) is 5.92 Å². The van der Waals surface area contributed by atoms with E-state index in [-0.39, 0.29) is 17.8 Å². The van der Waals surface area contributed by atoms with Crippen molar-refractivity contribution in [1.82, 2.24) is 15.3 Å². The van der Waals surface area contributed by atoms with Gasteiger partial charge in [0.25, 0.3) is 0 Å². The Bertz CT molecular complexity index is 1370. The summed E-state index contributed by atoms with van der Waals surface area (Å²) >= 11 is 1.67. The summed E-state index contributed by atoms with van der Waals surface area (Å²) in [5.74, 6) is 1.02. The smallest absolute Gasteiger partial charge is 0.306 e. The number of aromatic nitrogens is 2. The number of hydrogen-bond donors (Lipinski definition) is 3. The summed E-state index contributed by atoms with van der Waals surface area (Å²) in [7, 11) is 0. The van der Waals surface area contributed by atoms with Crippen molar-refractivity contribution in [2.75, 3.05) is 16.8 Å². The number of carbonyl (C=O) groups excluding carboxylic acids is 2. The second-order valence-electron chi connectivity index (χ2n) is 10.9. The number of H-pyrrole nitrogens is 1. The van der Waals surface area contributed by atoms with Crippen molar-refractivity contribution >= 4 is 40.2 Å². The van der Waals surface area contributed by atoms with Gasteiger partial charge in [0.05, 0.1) is 0 Å². The van der Waals surface area contributed by atoms with E-state index in [1.807, 2.05) is 81.6 Å². The van der Waals surface area contributed by atoms with E-state index in [4.69, 9.17) is 4.74 Å². The van der Waals surface area contributed by atoms with Crippen LogP contribution in [0.2, 0.25) is 0 Å². The SMILES string of the molecule is CC(C)(C)OC(=O)C[C@H](CSCC(Nc1ccccc1)C(=O)NCc1cccnc1)Cc1c[nH]c2ccccc12. The van der Waals surface area contributed by atoms with Gasteiger partial charge in [-0.1, -0.05) is 42.5 Å². The van der Waals surface area contributed by atoms with Gasteiger partial charge in [0, 0.05) is 53.9 Å². The summed E-state index contributed by atoms with van der Waals surface area (Å²) in [5, 5.41) is 7.59. The van der Waals surface area contributed by atoms with Gasteiger partial charge in [0.1, 0.15) is 11.6 Å². The Morgan fingerprint density at radius 2 is 1.77 bits per heavy atom. The Balaban J connectivity index is 1.43. The van der Waals surface area contributed by atoms with Gasteiger partial charge >= 0.3 is 5.97 Å². The van der Waals surface area contributed by atoms with Gasteiger partial charge in [-0.15, -0.1) is 0 Å². The molecule has 40 heavy (non-hydrogen) atoms. The number of aromatic amines is 1. The minimum atomic E-state index is -0.535. The molecule has 2 aromatic heterocycles. The molecule has 0 saturated carbocycles. The highest BCUT2D eigenvalue weighted by Crippen LogP contribution is 2.26. The largest absolute Gasteiger partial charge is 0.460 e. The minimum absolute atomic E-state index is 0.0508. The number of nitrogens with one attached hydrogen (secondary N) is 3. The van der Waals surface area contributed by atoms with Gasteiger partial charge in [0.2, 0.25) is 5.91 Å². The van der Waals surface area contributed by atoms with Gasteiger partial charge in [0.15, 0.2) is 0 Å². The summed E-state index contributed by atoms with van der Waals surface area (Å²) in [4.78, 5) is 33.5. The van der Waals surface area contributed by atoms with E-state index in [1.54, 1.807) is 24.2 Å². The zero-order valence-electron chi connectivity index (χ0n) is 23.4. The van der Waals surface area contributed by atoms with Crippen molar-refractivity contribution in [1.29, 1.82) is 0 Å². The Morgan fingerprint density at radius 3 is 2.52 bits per heavy atom. The molecule has 0 bridgehead atoms. The van der Waals surface area contributed by atoms with Crippen LogP contribution in [-0.2, 0) is 27.3 Å². The topological polar surface area (TPSA) is 96.1 Å². The number of anilines is 1. The second-order valence-corrected chi connectivity index (χ2v) is 12.0. The Kier molecular flexibility index (Phi) is 10.2. The van der Waals surface area contributed by atoms with Crippen molar-refractivity contribution in [3.05, 3.63) is 96.4 Å². The van der Waals surface area contributed by atoms with E-state index in [1.165, 1.54) is 10.9 Å². The summed E-state index contributed by atoms with van der Waals surface area (Å²) < 4.78 is 5.66. The number of nitrogens with zero attached hydrogens (tertiary/aromatic N) is 1. The van der Waals surface area contributed by atoms with Crippen molar-refractivity contribution in [2.45, 2.75) is 51.8 Å². The van der Waals surface area contributed by atoms with Crippen LogP contribution in [0.4, 0.5) is 5.69 Å². The number of thioether (sulfide) groups is 1. The number of fused-ring (bicyclic) bond motifs is 1. The number of rotatable bonds is 13. The Labute approximate surface area is 240 Å². The maximum Gasteiger partial charge on any atom is 0.306 e. The first kappa shape index (κ1) is 29.2. The fraction of sp³-hybridized carbons (Fsp3) is 0.344. The lowest BCUT2D eigenvalue weighted by molar-refractivity contribution is -0.155. The first-order valence-electron chi connectivity index (χ1n) is 13.6. The van der Waals surface area contributed by atoms with E-state index in [0.717, 1.165) is 23.2 Å². The predicted octanol–water partition coefficient (Wildman–Crippen LogP) is 5.98. The molecule has 3 N–H and O–H groups in total. The minimum Gasteiger partial charge on any atom is -0.460 e. The number of amides is 1. The van der Waals surface area contributed by atoms with Gasteiger partial charge in [-0.3, -0.25) is 14.6 Å². The van der Waals surface area contributed by atoms with Crippen molar-refractivity contribution in [2.24, 2.45) is 5.92 Å². The number of carbonyl (C=O) groups is 2. The number of para-hydroxylation sites is 2. The summed E-state index contributed by atoms with van der Waals surface area (Å²) in [6.07, 6.45) is 6.55. The molecule has 0 fully saturated rings. The van der Waals surface area contributed by atoms with Gasteiger partial charge in [-0.25, -0.2) is 0 Å². The molecule has 4 rings (SSSR count). The summed E-state index contributed by atoms with van der Waals surface area (Å²) in [6, 6.07) is 21.3. The third-order valence-corrected chi connectivity index (χ3v) is 7.59. The van der Waals surface area contributed by atoms with Gasteiger partial charge in [-0.2, -0.15) is 11.8 Å². The molecular formula is C32H38N4O3S.